The first-order chi connectivity index (χ1) is 15.3. The van der Waals surface area contributed by atoms with Crippen LogP contribution in [0.4, 0.5) is 0 Å². The molecule has 2 heterocycles. The number of rotatable bonds is 6. The van der Waals surface area contributed by atoms with Crippen LogP contribution < -0.4 is 0 Å². The van der Waals surface area contributed by atoms with Crippen molar-refractivity contribution in [2.45, 2.75) is 42.5 Å². The third kappa shape index (κ3) is 5.07. The first kappa shape index (κ1) is 23.4. The minimum absolute atomic E-state index is 0.130. The predicted molar refractivity (Wildman–Crippen MR) is 124 cm³/mol. The van der Waals surface area contributed by atoms with Gasteiger partial charge < -0.3 is 0 Å². The lowest BCUT2D eigenvalue weighted by Crippen LogP contribution is -2.47. The molecule has 0 N–H and O–H groups in total. The molecule has 174 valence electrons. The molecule has 9 heteroatoms. The number of piperidine rings is 1. The molecule has 1 unspecified atom stereocenters. The summed E-state index contributed by atoms with van der Waals surface area (Å²) in [5, 5.41) is 0. The molecule has 2 aromatic carbocycles. The first-order valence-corrected chi connectivity index (χ1v) is 14.0. The lowest BCUT2D eigenvalue weighted by Gasteiger charge is -2.34. The molecule has 1 atom stereocenters. The Bertz CT molecular complexity index is 1120. The highest BCUT2D eigenvalue weighted by Gasteiger charge is 2.31. The lowest BCUT2D eigenvalue weighted by molar-refractivity contribution is 0.140. The SMILES string of the molecule is CC1CCCN(S(=O)(=O)c2ccc(S(=O)(=O)N3CCCN(Cc4ccccc4)C3)cc2)C1. The standard InChI is InChI=1S/C23H31N3O4S2/c1-20-7-5-15-25(17-20)31(27,28)22-10-12-23(13-11-22)32(29,30)26-16-6-14-24(19-26)18-21-8-3-2-4-9-21/h2-4,8-13,20H,5-7,14-19H2,1H3. The van der Waals surface area contributed by atoms with E-state index in [9.17, 15) is 16.8 Å². The van der Waals surface area contributed by atoms with Gasteiger partial charge in [0.15, 0.2) is 0 Å². The van der Waals surface area contributed by atoms with Gasteiger partial charge in [-0.05, 0) is 55.0 Å². The fourth-order valence-electron chi connectivity index (χ4n) is 4.45. The molecule has 7 nitrogen and oxygen atoms in total. The maximum Gasteiger partial charge on any atom is 0.244 e. The number of hydrogen-bond acceptors (Lipinski definition) is 5. The molecule has 2 aromatic rings. The van der Waals surface area contributed by atoms with E-state index >= 15 is 0 Å². The minimum Gasteiger partial charge on any atom is -0.285 e. The average molecular weight is 478 g/mol. The highest BCUT2D eigenvalue weighted by Crippen LogP contribution is 2.26. The molecule has 0 aliphatic carbocycles. The van der Waals surface area contributed by atoms with Crippen LogP contribution >= 0.6 is 0 Å². The van der Waals surface area contributed by atoms with E-state index in [0.717, 1.165) is 31.4 Å². The molecule has 0 aromatic heterocycles. The molecule has 32 heavy (non-hydrogen) atoms. The zero-order chi connectivity index (χ0) is 22.8. The van der Waals surface area contributed by atoms with Crippen molar-refractivity contribution in [3.8, 4) is 0 Å². The molecule has 2 aliphatic heterocycles. The van der Waals surface area contributed by atoms with Gasteiger partial charge in [0.2, 0.25) is 20.0 Å². The summed E-state index contributed by atoms with van der Waals surface area (Å²) in [6, 6.07) is 15.7. The van der Waals surface area contributed by atoms with Gasteiger partial charge >= 0.3 is 0 Å². The summed E-state index contributed by atoms with van der Waals surface area (Å²) in [6.07, 6.45) is 2.63. The van der Waals surface area contributed by atoms with E-state index in [-0.39, 0.29) is 9.79 Å². The molecule has 0 radical (unpaired) electrons. The zero-order valence-corrected chi connectivity index (χ0v) is 20.1. The van der Waals surface area contributed by atoms with E-state index in [1.54, 1.807) is 0 Å². The molecule has 0 saturated carbocycles. The fourth-order valence-corrected chi connectivity index (χ4v) is 7.51. The third-order valence-corrected chi connectivity index (χ3v) is 9.93. The Morgan fingerprint density at radius 3 is 2.00 bits per heavy atom. The van der Waals surface area contributed by atoms with Gasteiger partial charge in [0, 0.05) is 32.7 Å². The number of hydrogen-bond donors (Lipinski definition) is 0. The van der Waals surface area contributed by atoms with Gasteiger partial charge in [0.05, 0.1) is 16.5 Å². The van der Waals surface area contributed by atoms with Crippen molar-refractivity contribution in [3.05, 3.63) is 60.2 Å². The van der Waals surface area contributed by atoms with Gasteiger partial charge in [-0.25, -0.2) is 16.8 Å². The Labute approximate surface area is 191 Å². The van der Waals surface area contributed by atoms with Crippen LogP contribution in [-0.2, 0) is 26.6 Å². The summed E-state index contributed by atoms with van der Waals surface area (Å²) in [6.45, 7) is 5.38. The van der Waals surface area contributed by atoms with E-state index in [4.69, 9.17) is 0 Å². The van der Waals surface area contributed by atoms with Crippen molar-refractivity contribution in [1.82, 2.24) is 13.5 Å². The van der Waals surface area contributed by atoms with Crippen LogP contribution in [0.5, 0.6) is 0 Å². The van der Waals surface area contributed by atoms with Crippen LogP contribution in [0.15, 0.2) is 64.4 Å². The summed E-state index contributed by atoms with van der Waals surface area (Å²) < 4.78 is 55.4. The molecule has 4 rings (SSSR count). The molecular weight excluding hydrogens is 446 g/mol. The molecule has 0 spiro atoms. The summed E-state index contributed by atoms with van der Waals surface area (Å²) in [5.41, 5.74) is 1.15. The second kappa shape index (κ2) is 9.61. The largest absolute Gasteiger partial charge is 0.285 e. The summed E-state index contributed by atoms with van der Waals surface area (Å²) >= 11 is 0. The molecule has 0 bridgehead atoms. The second-order valence-electron chi connectivity index (χ2n) is 8.80. The molecule has 2 aliphatic rings. The number of nitrogens with zero attached hydrogens (tertiary/aromatic N) is 3. The van der Waals surface area contributed by atoms with Crippen LogP contribution in [0.25, 0.3) is 0 Å². The second-order valence-corrected chi connectivity index (χ2v) is 12.7. The van der Waals surface area contributed by atoms with E-state index < -0.39 is 20.0 Å². The normalized spacial score (nSPS) is 22.1. The fraction of sp³-hybridized carbons (Fsp3) is 0.478. The third-order valence-electron chi connectivity index (χ3n) is 6.21. The quantitative estimate of drug-likeness (QED) is 0.639. The van der Waals surface area contributed by atoms with Crippen LogP contribution in [-0.4, -0.2) is 63.2 Å². The smallest absolute Gasteiger partial charge is 0.244 e. The Kier molecular flexibility index (Phi) is 7.02. The topological polar surface area (TPSA) is 78.0 Å². The van der Waals surface area contributed by atoms with Gasteiger partial charge in [-0.3, -0.25) is 4.90 Å². The first-order valence-electron chi connectivity index (χ1n) is 11.1. The van der Waals surface area contributed by atoms with Crippen LogP contribution in [0.3, 0.4) is 0 Å². The minimum atomic E-state index is -3.70. The van der Waals surface area contributed by atoms with Gasteiger partial charge in [-0.1, -0.05) is 37.3 Å². The van der Waals surface area contributed by atoms with Gasteiger partial charge in [0.25, 0.3) is 0 Å². The van der Waals surface area contributed by atoms with Crippen molar-refractivity contribution in [1.29, 1.82) is 0 Å². The van der Waals surface area contributed by atoms with Crippen molar-refractivity contribution < 1.29 is 16.8 Å². The Hall–Kier alpha value is -1.78. The Morgan fingerprint density at radius 2 is 1.38 bits per heavy atom. The highest BCUT2D eigenvalue weighted by molar-refractivity contribution is 7.89. The molecule has 0 amide bonds. The van der Waals surface area contributed by atoms with Crippen molar-refractivity contribution in [2.75, 3.05) is 32.8 Å². The highest BCUT2D eigenvalue weighted by atomic mass is 32.2. The van der Waals surface area contributed by atoms with Crippen LogP contribution in [0.1, 0.15) is 31.7 Å². The average Bonchev–Trinajstić information content (AvgIpc) is 2.80. The van der Waals surface area contributed by atoms with Gasteiger partial charge in [-0.15, -0.1) is 0 Å². The van der Waals surface area contributed by atoms with Crippen LogP contribution in [0, 0.1) is 5.92 Å². The Morgan fingerprint density at radius 1 is 0.781 bits per heavy atom. The number of sulfonamides is 2. The Balaban J connectivity index is 1.48. The van der Waals surface area contributed by atoms with Crippen molar-refractivity contribution >= 4 is 20.0 Å². The predicted octanol–water partition coefficient (Wildman–Crippen LogP) is 2.96. The van der Waals surface area contributed by atoms with Crippen molar-refractivity contribution in [3.63, 3.8) is 0 Å². The van der Waals surface area contributed by atoms with Gasteiger partial charge in [-0.2, -0.15) is 8.61 Å². The van der Waals surface area contributed by atoms with Crippen LogP contribution in [0.2, 0.25) is 0 Å². The zero-order valence-electron chi connectivity index (χ0n) is 18.4. The van der Waals surface area contributed by atoms with E-state index in [1.165, 1.54) is 32.9 Å². The van der Waals surface area contributed by atoms with E-state index in [0.29, 0.717) is 38.8 Å². The monoisotopic (exact) mass is 477 g/mol. The summed E-state index contributed by atoms with van der Waals surface area (Å²) in [7, 11) is -7.31. The van der Waals surface area contributed by atoms with E-state index in [2.05, 4.69) is 11.8 Å². The molecule has 2 saturated heterocycles. The van der Waals surface area contributed by atoms with Gasteiger partial charge in [0.1, 0.15) is 0 Å². The summed E-state index contributed by atoms with van der Waals surface area (Å²) in [4.78, 5) is 2.40. The maximum absolute atomic E-state index is 13.2. The van der Waals surface area contributed by atoms with Crippen molar-refractivity contribution in [2.24, 2.45) is 5.92 Å². The number of benzene rings is 2. The molecule has 2 fully saturated rings. The summed E-state index contributed by atoms with van der Waals surface area (Å²) in [5.74, 6) is 0.330. The lowest BCUT2D eigenvalue weighted by atomic mass is 10.0. The molecular formula is C23H31N3O4S2. The van der Waals surface area contributed by atoms with E-state index in [1.807, 2.05) is 30.3 Å². The maximum atomic E-state index is 13.2.